The molecule has 0 bridgehead atoms. The standard InChI is InChI=1S/C13H18N2O3S/c1-9(2)14-13(18)15(3)7-11-6-10(8-19-11)4-5-12(16)17/h4-6,8-9H,7H2,1-3H3,(H,14,18)(H,16,17). The average Bonchev–Trinajstić information content (AvgIpc) is 2.73. The fourth-order valence-electron chi connectivity index (χ4n) is 1.40. The lowest BCUT2D eigenvalue weighted by Gasteiger charge is -2.18. The van der Waals surface area contributed by atoms with Crippen LogP contribution in [0.25, 0.3) is 6.08 Å². The minimum Gasteiger partial charge on any atom is -0.478 e. The summed E-state index contributed by atoms with van der Waals surface area (Å²) in [5.74, 6) is -0.971. The number of hydrogen-bond acceptors (Lipinski definition) is 3. The molecule has 2 amide bonds. The van der Waals surface area contributed by atoms with Crippen LogP contribution >= 0.6 is 11.3 Å². The van der Waals surface area contributed by atoms with Crippen molar-refractivity contribution < 1.29 is 14.7 Å². The summed E-state index contributed by atoms with van der Waals surface area (Å²) in [5, 5.41) is 13.2. The highest BCUT2D eigenvalue weighted by atomic mass is 32.1. The number of carboxylic acids is 1. The maximum absolute atomic E-state index is 11.7. The Kier molecular flexibility index (Phi) is 5.57. The molecule has 0 spiro atoms. The van der Waals surface area contributed by atoms with Crippen LogP contribution in [0.5, 0.6) is 0 Å². The summed E-state index contributed by atoms with van der Waals surface area (Å²) >= 11 is 1.50. The number of urea groups is 1. The lowest BCUT2D eigenvalue weighted by atomic mass is 10.3. The van der Waals surface area contributed by atoms with Gasteiger partial charge in [0.1, 0.15) is 0 Å². The van der Waals surface area contributed by atoms with E-state index < -0.39 is 5.97 Å². The van der Waals surface area contributed by atoms with E-state index in [1.807, 2.05) is 25.3 Å². The van der Waals surface area contributed by atoms with Gasteiger partial charge in [0.05, 0.1) is 6.54 Å². The third kappa shape index (κ3) is 5.56. The summed E-state index contributed by atoms with van der Waals surface area (Å²) < 4.78 is 0. The minimum atomic E-state index is -0.971. The van der Waals surface area contributed by atoms with Gasteiger partial charge in [0.25, 0.3) is 0 Å². The maximum Gasteiger partial charge on any atom is 0.328 e. The second-order valence-corrected chi connectivity index (χ2v) is 5.47. The average molecular weight is 282 g/mol. The Morgan fingerprint density at radius 1 is 1.53 bits per heavy atom. The topological polar surface area (TPSA) is 69.6 Å². The van der Waals surface area contributed by atoms with Crippen LogP contribution in [0.3, 0.4) is 0 Å². The van der Waals surface area contributed by atoms with Crippen molar-refractivity contribution in [3.05, 3.63) is 28.0 Å². The first-order valence-electron chi connectivity index (χ1n) is 5.88. The Labute approximate surface area is 116 Å². The first-order chi connectivity index (χ1) is 8.88. The molecule has 1 aromatic rings. The van der Waals surface area contributed by atoms with Gasteiger partial charge >= 0.3 is 12.0 Å². The van der Waals surface area contributed by atoms with Gasteiger partial charge in [-0.1, -0.05) is 0 Å². The molecular weight excluding hydrogens is 264 g/mol. The Bertz CT molecular complexity index is 480. The molecule has 0 fully saturated rings. The zero-order valence-electron chi connectivity index (χ0n) is 11.2. The fourth-order valence-corrected chi connectivity index (χ4v) is 2.30. The predicted octanol–water partition coefficient (Wildman–Crippen LogP) is 2.40. The molecule has 19 heavy (non-hydrogen) atoms. The summed E-state index contributed by atoms with van der Waals surface area (Å²) in [5.41, 5.74) is 0.833. The lowest BCUT2D eigenvalue weighted by Crippen LogP contribution is -2.40. The smallest absolute Gasteiger partial charge is 0.328 e. The van der Waals surface area contributed by atoms with Gasteiger partial charge in [-0.15, -0.1) is 11.3 Å². The molecule has 2 N–H and O–H groups in total. The van der Waals surface area contributed by atoms with E-state index in [1.165, 1.54) is 17.4 Å². The number of thiophene rings is 1. The van der Waals surface area contributed by atoms with Crippen molar-refractivity contribution in [2.24, 2.45) is 0 Å². The molecule has 104 valence electrons. The molecule has 1 heterocycles. The zero-order valence-corrected chi connectivity index (χ0v) is 12.0. The second kappa shape index (κ2) is 6.94. The van der Waals surface area contributed by atoms with E-state index in [4.69, 9.17) is 5.11 Å². The third-order valence-electron chi connectivity index (χ3n) is 2.24. The van der Waals surface area contributed by atoms with Gasteiger partial charge in [0, 0.05) is 24.0 Å². The molecule has 0 aromatic carbocycles. The van der Waals surface area contributed by atoms with Crippen molar-refractivity contribution in [1.82, 2.24) is 10.2 Å². The molecular formula is C13H18N2O3S. The molecule has 6 heteroatoms. The van der Waals surface area contributed by atoms with Crippen molar-refractivity contribution in [2.75, 3.05) is 7.05 Å². The van der Waals surface area contributed by atoms with Crippen LogP contribution in [0.1, 0.15) is 24.3 Å². The summed E-state index contributed by atoms with van der Waals surface area (Å²) in [7, 11) is 1.73. The van der Waals surface area contributed by atoms with Crippen LogP contribution in [0, 0.1) is 0 Å². The predicted molar refractivity (Wildman–Crippen MR) is 76.1 cm³/mol. The molecule has 1 rings (SSSR count). The van der Waals surface area contributed by atoms with Crippen molar-refractivity contribution in [3.8, 4) is 0 Å². The summed E-state index contributed by atoms with van der Waals surface area (Å²) in [4.78, 5) is 24.7. The van der Waals surface area contributed by atoms with Crippen molar-refractivity contribution in [2.45, 2.75) is 26.4 Å². The quantitative estimate of drug-likeness (QED) is 0.815. The van der Waals surface area contributed by atoms with Gasteiger partial charge in [0.2, 0.25) is 0 Å². The number of nitrogens with zero attached hydrogens (tertiary/aromatic N) is 1. The van der Waals surface area contributed by atoms with Crippen LogP contribution in [0.4, 0.5) is 4.79 Å². The van der Waals surface area contributed by atoms with E-state index in [-0.39, 0.29) is 12.1 Å². The fraction of sp³-hybridized carbons (Fsp3) is 0.385. The van der Waals surface area contributed by atoms with Crippen molar-refractivity contribution in [3.63, 3.8) is 0 Å². The van der Waals surface area contributed by atoms with Gasteiger partial charge in [-0.25, -0.2) is 9.59 Å². The number of carboxylic acid groups (broad SMARTS) is 1. The highest BCUT2D eigenvalue weighted by molar-refractivity contribution is 7.10. The molecule has 0 saturated heterocycles. The van der Waals surface area contributed by atoms with Gasteiger partial charge in [-0.3, -0.25) is 0 Å². The van der Waals surface area contributed by atoms with E-state index >= 15 is 0 Å². The second-order valence-electron chi connectivity index (χ2n) is 4.48. The minimum absolute atomic E-state index is 0.104. The third-order valence-corrected chi connectivity index (χ3v) is 3.18. The summed E-state index contributed by atoms with van der Waals surface area (Å²) in [6, 6.07) is 1.86. The largest absolute Gasteiger partial charge is 0.478 e. The lowest BCUT2D eigenvalue weighted by molar-refractivity contribution is -0.131. The van der Waals surface area contributed by atoms with Crippen LogP contribution in [0.2, 0.25) is 0 Å². The number of hydrogen-bond donors (Lipinski definition) is 2. The molecule has 1 aromatic heterocycles. The molecule has 0 radical (unpaired) electrons. The maximum atomic E-state index is 11.7. The Morgan fingerprint density at radius 3 is 2.79 bits per heavy atom. The van der Waals surface area contributed by atoms with Crippen LogP contribution < -0.4 is 5.32 Å². The number of amides is 2. The first-order valence-corrected chi connectivity index (χ1v) is 6.76. The van der Waals surface area contributed by atoms with Crippen LogP contribution in [0.15, 0.2) is 17.5 Å². The summed E-state index contributed by atoms with van der Waals surface area (Å²) in [6.07, 6.45) is 2.64. The van der Waals surface area contributed by atoms with Crippen molar-refractivity contribution >= 4 is 29.4 Å². The van der Waals surface area contributed by atoms with Crippen molar-refractivity contribution in [1.29, 1.82) is 0 Å². The Morgan fingerprint density at radius 2 is 2.21 bits per heavy atom. The van der Waals surface area contributed by atoms with Crippen LogP contribution in [-0.4, -0.2) is 35.1 Å². The van der Waals surface area contributed by atoms with Crippen LogP contribution in [-0.2, 0) is 11.3 Å². The van der Waals surface area contributed by atoms with E-state index in [2.05, 4.69) is 5.32 Å². The SMILES string of the molecule is CC(C)NC(=O)N(C)Cc1cc(C=CC(=O)O)cs1. The molecule has 0 aliphatic rings. The highest BCUT2D eigenvalue weighted by Crippen LogP contribution is 2.17. The number of rotatable bonds is 5. The van der Waals surface area contributed by atoms with Gasteiger partial charge in [-0.05, 0) is 36.9 Å². The number of nitrogens with one attached hydrogen (secondary N) is 1. The molecule has 0 atom stereocenters. The molecule has 5 nitrogen and oxygen atoms in total. The van der Waals surface area contributed by atoms with Gasteiger partial charge in [-0.2, -0.15) is 0 Å². The van der Waals surface area contributed by atoms with E-state index in [0.29, 0.717) is 6.54 Å². The number of carbonyl (C=O) groups is 2. The normalized spacial score (nSPS) is 10.9. The molecule has 0 aliphatic heterocycles. The number of carbonyl (C=O) groups excluding carboxylic acids is 1. The van der Waals surface area contributed by atoms with E-state index in [0.717, 1.165) is 16.5 Å². The van der Waals surface area contributed by atoms with E-state index in [9.17, 15) is 9.59 Å². The van der Waals surface area contributed by atoms with Gasteiger partial charge < -0.3 is 15.3 Å². The molecule has 0 unspecified atom stereocenters. The molecule has 0 saturated carbocycles. The Balaban J connectivity index is 2.58. The van der Waals surface area contributed by atoms with Gasteiger partial charge in [0.15, 0.2) is 0 Å². The molecule has 0 aliphatic carbocycles. The van der Waals surface area contributed by atoms with E-state index in [1.54, 1.807) is 11.9 Å². The highest BCUT2D eigenvalue weighted by Gasteiger charge is 2.10. The monoisotopic (exact) mass is 282 g/mol. The summed E-state index contributed by atoms with van der Waals surface area (Å²) in [6.45, 7) is 4.32. The Hall–Kier alpha value is -1.82. The number of aliphatic carboxylic acids is 1. The zero-order chi connectivity index (χ0) is 14.4. The first kappa shape index (κ1) is 15.2.